The van der Waals surface area contributed by atoms with Gasteiger partial charge in [0.05, 0.1) is 18.4 Å². The third-order valence-corrected chi connectivity index (χ3v) is 8.64. The number of urea groups is 1. The fraction of sp³-hybridized carbons (Fsp3) is 0.171. The Labute approximate surface area is 248 Å². The number of methoxy groups -OCH3 is 1. The molecule has 0 radical (unpaired) electrons. The second-order valence-electron chi connectivity index (χ2n) is 11.1. The maximum atomic E-state index is 14.4. The summed E-state index contributed by atoms with van der Waals surface area (Å²) < 4.78 is 5.38. The van der Waals surface area contributed by atoms with Gasteiger partial charge in [-0.15, -0.1) is 0 Å². The number of anilines is 2. The lowest BCUT2D eigenvalue weighted by Crippen LogP contribution is -2.44. The molecule has 43 heavy (non-hydrogen) atoms. The largest absolute Gasteiger partial charge is 0.497 e. The number of ether oxygens (including phenoxy) is 1. The monoisotopic (exact) mass is 570 g/mol. The number of aryl methyl sites for hydroxylation is 2. The average molecular weight is 571 g/mol. The van der Waals surface area contributed by atoms with Crippen LogP contribution in [0.2, 0.25) is 0 Å². The minimum Gasteiger partial charge on any atom is -0.497 e. The predicted octanol–water partition coefficient (Wildman–Crippen LogP) is 6.53. The summed E-state index contributed by atoms with van der Waals surface area (Å²) in [7, 11) is 1.61. The zero-order chi connectivity index (χ0) is 29.8. The summed E-state index contributed by atoms with van der Waals surface area (Å²) in [6, 6.07) is 26.2. The Hall–Kier alpha value is -5.37. The van der Waals surface area contributed by atoms with Crippen LogP contribution in [0, 0.1) is 13.8 Å². The molecule has 4 amide bonds. The summed E-state index contributed by atoms with van der Waals surface area (Å²) >= 11 is 0. The summed E-state index contributed by atoms with van der Waals surface area (Å²) in [4.78, 5) is 48.5. The molecule has 2 atom stereocenters. The topological polar surface area (TPSA) is 94.7 Å². The molecule has 3 heterocycles. The number of carbonyl (C=O) groups excluding carboxylic acids is 3. The van der Waals surface area contributed by atoms with E-state index in [1.165, 1.54) is 4.90 Å². The molecule has 0 aliphatic carbocycles. The van der Waals surface area contributed by atoms with Gasteiger partial charge in [-0.25, -0.2) is 9.69 Å². The molecule has 2 unspecified atom stereocenters. The van der Waals surface area contributed by atoms with E-state index in [9.17, 15) is 14.4 Å². The zero-order valence-electron chi connectivity index (χ0n) is 24.0. The second kappa shape index (κ2) is 10.2. The summed E-state index contributed by atoms with van der Waals surface area (Å²) in [6.45, 7) is 3.99. The van der Waals surface area contributed by atoms with Gasteiger partial charge in [0, 0.05) is 28.7 Å². The van der Waals surface area contributed by atoms with Gasteiger partial charge in [0.15, 0.2) is 0 Å². The van der Waals surface area contributed by atoms with Crippen molar-refractivity contribution in [1.29, 1.82) is 0 Å². The molecule has 1 fully saturated rings. The first-order valence-corrected chi connectivity index (χ1v) is 14.2. The van der Waals surface area contributed by atoms with Gasteiger partial charge in [0.1, 0.15) is 17.8 Å². The Morgan fingerprint density at radius 2 is 1.65 bits per heavy atom. The molecule has 8 heteroatoms. The van der Waals surface area contributed by atoms with E-state index in [0.29, 0.717) is 17.9 Å². The van der Waals surface area contributed by atoms with E-state index in [4.69, 9.17) is 4.74 Å². The number of hydrogen-bond donors (Lipinski definition) is 2. The second-order valence-corrected chi connectivity index (χ2v) is 11.1. The Morgan fingerprint density at radius 1 is 0.907 bits per heavy atom. The van der Waals surface area contributed by atoms with Gasteiger partial charge < -0.3 is 15.0 Å². The van der Waals surface area contributed by atoms with Crippen molar-refractivity contribution in [1.82, 2.24) is 9.88 Å². The Balaban J connectivity index is 1.30. The normalized spacial score (nSPS) is 17.7. The molecule has 7 rings (SSSR count). The van der Waals surface area contributed by atoms with Crippen LogP contribution in [0.15, 0.2) is 91.0 Å². The average Bonchev–Trinajstić information content (AvgIpc) is 3.52. The van der Waals surface area contributed by atoms with Crippen molar-refractivity contribution in [2.45, 2.75) is 32.4 Å². The molecule has 5 aromatic rings. The molecular formula is C35H30N4O4. The number of aromatic amines is 1. The lowest BCUT2D eigenvalue weighted by molar-refractivity contribution is -0.120. The Morgan fingerprint density at radius 3 is 2.42 bits per heavy atom. The molecule has 214 valence electrons. The molecule has 2 N–H and O–H groups in total. The van der Waals surface area contributed by atoms with E-state index in [1.807, 2.05) is 80.6 Å². The van der Waals surface area contributed by atoms with Crippen LogP contribution in [0.5, 0.6) is 5.75 Å². The van der Waals surface area contributed by atoms with Crippen LogP contribution >= 0.6 is 0 Å². The van der Waals surface area contributed by atoms with Gasteiger partial charge in [-0.1, -0.05) is 48.5 Å². The number of nitrogens with zero attached hydrogens (tertiary/aromatic N) is 2. The van der Waals surface area contributed by atoms with Gasteiger partial charge in [0.2, 0.25) is 0 Å². The van der Waals surface area contributed by atoms with Gasteiger partial charge in [-0.3, -0.25) is 14.5 Å². The number of carbonyl (C=O) groups is 3. The molecule has 4 aromatic carbocycles. The van der Waals surface area contributed by atoms with E-state index < -0.39 is 24.0 Å². The standard InChI is InChI=1S/C35H30N4O4/c1-20-12-15-23(18-21(20)2)36-33(40)26-9-5-7-11-29(26)39-34(41)30-19-27-25-8-4-6-10-28(25)37-31(27)32(38(30)35(39)42)22-13-16-24(43-3)17-14-22/h4-18,30,32,37H,19H2,1-3H3,(H,36,40). The SMILES string of the molecule is COc1ccc(C2c3[nH]c4ccccc4c3CC3C(=O)N(c4ccccc4C(=O)Nc4ccc(C)c(C)c4)C(=O)N32)cc1. The zero-order valence-corrected chi connectivity index (χ0v) is 24.0. The first kappa shape index (κ1) is 26.5. The van der Waals surface area contributed by atoms with Gasteiger partial charge in [-0.05, 0) is 78.6 Å². The highest BCUT2D eigenvalue weighted by atomic mass is 16.5. The molecule has 8 nitrogen and oxygen atoms in total. The summed E-state index contributed by atoms with van der Waals surface area (Å²) in [5.74, 6) is -0.0553. The van der Waals surface area contributed by atoms with Gasteiger partial charge in [0.25, 0.3) is 11.8 Å². The summed E-state index contributed by atoms with van der Waals surface area (Å²) in [5.41, 5.74) is 7.01. The highest BCUT2D eigenvalue weighted by Crippen LogP contribution is 2.45. The maximum absolute atomic E-state index is 14.4. The van der Waals surface area contributed by atoms with Crippen LogP contribution in [0.3, 0.4) is 0 Å². The number of H-pyrrole nitrogens is 1. The Kier molecular flexibility index (Phi) is 6.27. The molecule has 0 bridgehead atoms. The minimum atomic E-state index is -0.734. The van der Waals surface area contributed by atoms with E-state index in [-0.39, 0.29) is 17.2 Å². The number of para-hydroxylation sites is 2. The number of rotatable bonds is 5. The predicted molar refractivity (Wildman–Crippen MR) is 166 cm³/mol. The van der Waals surface area contributed by atoms with Crippen LogP contribution in [0.4, 0.5) is 16.2 Å². The number of hydrogen-bond acceptors (Lipinski definition) is 4. The van der Waals surface area contributed by atoms with Crippen LogP contribution in [-0.4, -0.2) is 40.9 Å². The first-order chi connectivity index (χ1) is 20.9. The summed E-state index contributed by atoms with van der Waals surface area (Å²) in [6.07, 6.45) is 0.365. The van der Waals surface area contributed by atoms with Crippen LogP contribution in [-0.2, 0) is 11.2 Å². The number of fused-ring (bicyclic) bond motifs is 4. The van der Waals surface area contributed by atoms with E-state index in [0.717, 1.165) is 38.9 Å². The fourth-order valence-electron chi connectivity index (χ4n) is 6.31. The first-order valence-electron chi connectivity index (χ1n) is 14.2. The van der Waals surface area contributed by atoms with Crippen molar-refractivity contribution >= 4 is 40.1 Å². The molecule has 1 saturated heterocycles. The lowest BCUT2D eigenvalue weighted by atomic mass is 9.89. The summed E-state index contributed by atoms with van der Waals surface area (Å²) in [5, 5.41) is 3.97. The van der Waals surface area contributed by atoms with Crippen molar-refractivity contribution < 1.29 is 19.1 Å². The molecule has 2 aliphatic rings. The van der Waals surface area contributed by atoms with Crippen molar-refractivity contribution in [2.75, 3.05) is 17.3 Å². The number of nitrogens with one attached hydrogen (secondary N) is 2. The number of imide groups is 1. The fourth-order valence-corrected chi connectivity index (χ4v) is 6.31. The molecular weight excluding hydrogens is 540 g/mol. The van der Waals surface area contributed by atoms with Crippen LogP contribution in [0.1, 0.15) is 44.3 Å². The van der Waals surface area contributed by atoms with E-state index in [1.54, 1.807) is 36.3 Å². The van der Waals surface area contributed by atoms with Gasteiger partial charge >= 0.3 is 6.03 Å². The third-order valence-electron chi connectivity index (χ3n) is 8.64. The highest BCUT2D eigenvalue weighted by molar-refractivity contribution is 6.24. The van der Waals surface area contributed by atoms with Crippen LogP contribution < -0.4 is 15.0 Å². The lowest BCUT2D eigenvalue weighted by Gasteiger charge is -2.36. The smallest absolute Gasteiger partial charge is 0.332 e. The van der Waals surface area contributed by atoms with E-state index >= 15 is 0 Å². The number of amides is 4. The quantitative estimate of drug-likeness (QED) is 0.235. The third kappa shape index (κ3) is 4.25. The molecule has 0 spiro atoms. The highest BCUT2D eigenvalue weighted by Gasteiger charge is 2.53. The molecule has 2 aliphatic heterocycles. The molecule has 1 aromatic heterocycles. The Bertz CT molecular complexity index is 1930. The van der Waals surface area contributed by atoms with E-state index in [2.05, 4.69) is 10.3 Å². The number of aromatic nitrogens is 1. The van der Waals surface area contributed by atoms with Crippen molar-refractivity contribution in [3.8, 4) is 5.75 Å². The van der Waals surface area contributed by atoms with Crippen LogP contribution in [0.25, 0.3) is 10.9 Å². The maximum Gasteiger partial charge on any atom is 0.332 e. The van der Waals surface area contributed by atoms with Crippen molar-refractivity contribution in [3.63, 3.8) is 0 Å². The van der Waals surface area contributed by atoms with Crippen molar-refractivity contribution in [3.05, 3.63) is 125 Å². The van der Waals surface area contributed by atoms with Crippen molar-refractivity contribution in [2.24, 2.45) is 0 Å². The minimum absolute atomic E-state index is 0.243. The number of benzene rings is 4. The van der Waals surface area contributed by atoms with Gasteiger partial charge in [-0.2, -0.15) is 0 Å². The molecule has 0 saturated carbocycles.